The van der Waals surface area contributed by atoms with Gasteiger partial charge in [0.25, 0.3) is 5.91 Å². The fourth-order valence-electron chi connectivity index (χ4n) is 4.97. The highest BCUT2D eigenvalue weighted by molar-refractivity contribution is 9.09. The first-order chi connectivity index (χ1) is 16.5. The van der Waals surface area contributed by atoms with Gasteiger partial charge in [0.1, 0.15) is 18.9 Å². The number of alkyl halides is 4. The minimum atomic E-state index is -4.46. The van der Waals surface area contributed by atoms with Crippen LogP contribution in [0.5, 0.6) is 0 Å². The SMILES string of the molecule is C[Si](C)(C)CCOCn1ccc2c3c(cnc21)C(=O)N(CC(F)(F)F)CN3C1CCC(CBr)CC1. The summed E-state index contributed by atoms with van der Waals surface area (Å²) >= 11 is 3.56. The number of ether oxygens (including phenoxy) is 1. The standard InChI is InChI=1S/C24H34BrF3N4O2Si/c1-35(2,3)11-10-34-16-30-9-8-19-21-20(13-29-22(19)30)23(33)31(14-24(26,27)28)15-32(21)18-6-4-17(12-25)5-7-18/h8-9,13,17-18H,4-7,10-12,14-16H2,1-3H3. The third-order valence-electron chi connectivity index (χ3n) is 6.96. The minimum Gasteiger partial charge on any atom is -0.361 e. The van der Waals surface area contributed by atoms with E-state index in [1.165, 1.54) is 6.20 Å². The topological polar surface area (TPSA) is 50.6 Å². The number of hydrogen-bond donors (Lipinski definition) is 0. The van der Waals surface area contributed by atoms with E-state index >= 15 is 0 Å². The fraction of sp³-hybridized carbons (Fsp3) is 0.667. The van der Waals surface area contributed by atoms with Gasteiger partial charge < -0.3 is 19.1 Å². The van der Waals surface area contributed by atoms with E-state index < -0.39 is 26.7 Å². The summed E-state index contributed by atoms with van der Waals surface area (Å²) in [6.07, 6.45) is 2.66. The van der Waals surface area contributed by atoms with Gasteiger partial charge in [-0.15, -0.1) is 0 Å². The Hall–Kier alpha value is -1.59. The number of amides is 1. The van der Waals surface area contributed by atoms with Crippen LogP contribution >= 0.6 is 15.9 Å². The van der Waals surface area contributed by atoms with Crippen LogP contribution in [0.1, 0.15) is 36.0 Å². The molecule has 1 amide bonds. The molecular formula is C24H34BrF3N4O2Si. The highest BCUT2D eigenvalue weighted by atomic mass is 79.9. The molecule has 6 nitrogen and oxygen atoms in total. The number of fused-ring (bicyclic) bond motifs is 3. The van der Waals surface area contributed by atoms with E-state index in [0.717, 1.165) is 47.3 Å². The minimum absolute atomic E-state index is 0.0635. The molecule has 2 aliphatic rings. The largest absolute Gasteiger partial charge is 0.406 e. The van der Waals surface area contributed by atoms with Crippen LogP contribution in [0.4, 0.5) is 18.9 Å². The molecule has 11 heteroatoms. The van der Waals surface area contributed by atoms with Crippen LogP contribution in [-0.4, -0.2) is 65.8 Å². The third kappa shape index (κ3) is 6.22. The Kier molecular flexibility index (Phi) is 7.87. The summed E-state index contributed by atoms with van der Waals surface area (Å²) in [7, 11) is -1.20. The highest BCUT2D eigenvalue weighted by Crippen LogP contribution is 2.40. The van der Waals surface area contributed by atoms with Gasteiger partial charge in [0, 0.05) is 43.8 Å². The second-order valence-corrected chi connectivity index (χ2v) is 17.2. The molecule has 1 saturated carbocycles. The lowest BCUT2D eigenvalue weighted by Gasteiger charge is -2.44. The Balaban J connectivity index is 1.65. The first-order valence-corrected chi connectivity index (χ1v) is 17.0. The van der Waals surface area contributed by atoms with Crippen molar-refractivity contribution < 1.29 is 22.7 Å². The number of aromatic nitrogens is 2. The monoisotopic (exact) mass is 574 g/mol. The average molecular weight is 576 g/mol. The van der Waals surface area contributed by atoms with E-state index in [-0.39, 0.29) is 18.3 Å². The lowest BCUT2D eigenvalue weighted by Crippen LogP contribution is -2.54. The van der Waals surface area contributed by atoms with Gasteiger partial charge in [0.15, 0.2) is 0 Å². The van der Waals surface area contributed by atoms with E-state index in [4.69, 9.17) is 4.74 Å². The Morgan fingerprint density at radius 1 is 1.20 bits per heavy atom. The smallest absolute Gasteiger partial charge is 0.361 e. The molecular weight excluding hydrogens is 541 g/mol. The second kappa shape index (κ2) is 10.4. The number of halogens is 4. The summed E-state index contributed by atoms with van der Waals surface area (Å²) < 4.78 is 47.7. The molecule has 1 aliphatic heterocycles. The Morgan fingerprint density at radius 2 is 1.91 bits per heavy atom. The molecule has 194 valence electrons. The Morgan fingerprint density at radius 3 is 2.54 bits per heavy atom. The molecule has 0 bridgehead atoms. The number of carbonyl (C=O) groups is 1. The van der Waals surface area contributed by atoms with Gasteiger partial charge in [0.05, 0.1) is 17.9 Å². The maximum absolute atomic E-state index is 13.3. The van der Waals surface area contributed by atoms with Crippen LogP contribution in [-0.2, 0) is 11.5 Å². The predicted molar refractivity (Wildman–Crippen MR) is 138 cm³/mol. The molecule has 2 aromatic rings. The number of rotatable bonds is 8. The molecule has 0 N–H and O–H groups in total. The number of nitrogens with zero attached hydrogens (tertiary/aromatic N) is 4. The first-order valence-electron chi connectivity index (χ1n) is 12.2. The Labute approximate surface area is 213 Å². The van der Waals surface area contributed by atoms with Crippen molar-refractivity contribution in [3.63, 3.8) is 0 Å². The second-order valence-electron chi connectivity index (χ2n) is 10.9. The molecule has 2 aromatic heterocycles. The number of hydrogen-bond acceptors (Lipinski definition) is 4. The van der Waals surface area contributed by atoms with Crippen molar-refractivity contribution in [3.05, 3.63) is 24.0 Å². The normalized spacial score (nSPS) is 21.6. The van der Waals surface area contributed by atoms with Crippen molar-refractivity contribution in [2.45, 2.75) is 70.3 Å². The van der Waals surface area contributed by atoms with Crippen molar-refractivity contribution in [3.8, 4) is 0 Å². The highest BCUT2D eigenvalue weighted by Gasteiger charge is 2.41. The molecule has 0 radical (unpaired) electrons. The summed E-state index contributed by atoms with van der Waals surface area (Å²) in [6.45, 7) is 6.60. The number of carbonyl (C=O) groups excluding carboxylic acids is 1. The third-order valence-corrected chi connectivity index (χ3v) is 9.58. The van der Waals surface area contributed by atoms with Crippen molar-refractivity contribution in [2.24, 2.45) is 5.92 Å². The van der Waals surface area contributed by atoms with E-state index in [0.29, 0.717) is 30.6 Å². The van der Waals surface area contributed by atoms with Crippen LogP contribution < -0.4 is 4.90 Å². The number of pyridine rings is 1. The van der Waals surface area contributed by atoms with Crippen molar-refractivity contribution in [1.82, 2.24) is 14.5 Å². The van der Waals surface area contributed by atoms with E-state index in [9.17, 15) is 18.0 Å². The van der Waals surface area contributed by atoms with Gasteiger partial charge >= 0.3 is 6.18 Å². The number of anilines is 1. The van der Waals surface area contributed by atoms with Crippen LogP contribution in [0.25, 0.3) is 11.0 Å². The van der Waals surface area contributed by atoms with Crippen LogP contribution in [0.2, 0.25) is 25.7 Å². The predicted octanol–water partition coefficient (Wildman–Crippen LogP) is 6.08. The van der Waals surface area contributed by atoms with Gasteiger partial charge in [-0.25, -0.2) is 4.98 Å². The van der Waals surface area contributed by atoms with Crippen molar-refractivity contribution >= 4 is 46.6 Å². The summed E-state index contributed by atoms with van der Waals surface area (Å²) in [5.74, 6) is -0.0356. The van der Waals surface area contributed by atoms with Gasteiger partial charge in [-0.3, -0.25) is 4.79 Å². The molecule has 3 heterocycles. The molecule has 4 rings (SSSR count). The molecule has 1 aliphatic carbocycles. The van der Waals surface area contributed by atoms with Crippen molar-refractivity contribution in [2.75, 3.05) is 30.1 Å². The molecule has 0 saturated heterocycles. The van der Waals surface area contributed by atoms with E-state index in [1.807, 2.05) is 21.7 Å². The van der Waals surface area contributed by atoms with Crippen LogP contribution in [0.15, 0.2) is 18.5 Å². The summed E-state index contributed by atoms with van der Waals surface area (Å²) in [5, 5.41) is 1.72. The quantitative estimate of drug-likeness (QED) is 0.217. The zero-order valence-corrected chi connectivity index (χ0v) is 23.2. The molecule has 1 fully saturated rings. The maximum atomic E-state index is 13.3. The first kappa shape index (κ1) is 26.5. The maximum Gasteiger partial charge on any atom is 0.406 e. The summed E-state index contributed by atoms with van der Waals surface area (Å²) in [5.41, 5.74) is 1.64. The van der Waals surface area contributed by atoms with Crippen LogP contribution in [0.3, 0.4) is 0 Å². The molecule has 0 aromatic carbocycles. The van der Waals surface area contributed by atoms with Crippen LogP contribution in [0, 0.1) is 5.92 Å². The summed E-state index contributed by atoms with van der Waals surface area (Å²) in [6, 6.07) is 3.05. The van der Waals surface area contributed by atoms with E-state index in [1.54, 1.807) is 0 Å². The summed E-state index contributed by atoms with van der Waals surface area (Å²) in [4.78, 5) is 20.5. The molecule has 35 heavy (non-hydrogen) atoms. The fourth-order valence-corrected chi connectivity index (χ4v) is 6.38. The van der Waals surface area contributed by atoms with Gasteiger partial charge in [-0.05, 0) is 43.7 Å². The van der Waals surface area contributed by atoms with Gasteiger partial charge in [-0.2, -0.15) is 13.2 Å². The lowest BCUT2D eigenvalue weighted by atomic mass is 9.86. The molecule has 0 spiro atoms. The zero-order valence-electron chi connectivity index (χ0n) is 20.6. The average Bonchev–Trinajstić information content (AvgIpc) is 3.20. The molecule has 0 unspecified atom stereocenters. The van der Waals surface area contributed by atoms with Gasteiger partial charge in [-0.1, -0.05) is 35.6 Å². The lowest BCUT2D eigenvalue weighted by molar-refractivity contribution is -0.141. The molecule has 0 atom stereocenters. The van der Waals surface area contributed by atoms with Crippen molar-refractivity contribution in [1.29, 1.82) is 0 Å². The van der Waals surface area contributed by atoms with Gasteiger partial charge in [0.2, 0.25) is 0 Å². The zero-order chi connectivity index (χ0) is 25.4. The van der Waals surface area contributed by atoms with E-state index in [2.05, 4.69) is 40.6 Å². The Bertz CT molecular complexity index is 1050.